The monoisotopic (exact) mass is 337 g/mol. The second-order valence-corrected chi connectivity index (χ2v) is 6.49. The van der Waals surface area contributed by atoms with E-state index in [-0.39, 0.29) is 0 Å². The molecule has 0 aliphatic carbocycles. The Morgan fingerprint density at radius 2 is 2.00 bits per heavy atom. The third-order valence-corrected chi connectivity index (χ3v) is 4.08. The number of halogens is 2. The van der Waals surface area contributed by atoms with Gasteiger partial charge in [-0.05, 0) is 37.0 Å². The van der Waals surface area contributed by atoms with Crippen LogP contribution in [0, 0.1) is 5.92 Å². The fourth-order valence-corrected chi connectivity index (χ4v) is 3.18. The molecular formula is C15H17Cl2N5. The highest BCUT2D eigenvalue weighted by Gasteiger charge is 2.18. The molecule has 0 spiro atoms. The number of nitrogens with zero attached hydrogens (tertiary/aromatic N) is 4. The predicted molar refractivity (Wildman–Crippen MR) is 90.2 cm³/mol. The first-order valence-electron chi connectivity index (χ1n) is 7.28. The van der Waals surface area contributed by atoms with Crippen LogP contribution in [0.3, 0.4) is 0 Å². The lowest BCUT2D eigenvalue weighted by Gasteiger charge is -2.31. The highest BCUT2D eigenvalue weighted by atomic mass is 35.5. The lowest BCUT2D eigenvalue weighted by molar-refractivity contribution is 0.444. The zero-order valence-electron chi connectivity index (χ0n) is 12.3. The molecule has 5 nitrogen and oxygen atoms in total. The van der Waals surface area contributed by atoms with E-state index in [4.69, 9.17) is 23.2 Å². The van der Waals surface area contributed by atoms with Crippen molar-refractivity contribution in [2.75, 3.05) is 23.3 Å². The van der Waals surface area contributed by atoms with Gasteiger partial charge in [-0.25, -0.2) is 0 Å². The van der Waals surface area contributed by atoms with Crippen LogP contribution in [0.4, 0.5) is 17.5 Å². The van der Waals surface area contributed by atoms with Gasteiger partial charge in [0.15, 0.2) is 5.82 Å². The minimum Gasteiger partial charge on any atom is -0.355 e. The highest BCUT2D eigenvalue weighted by Crippen LogP contribution is 2.25. The van der Waals surface area contributed by atoms with Gasteiger partial charge >= 0.3 is 0 Å². The minimum absolute atomic E-state index is 0.439. The Labute approximate surface area is 139 Å². The van der Waals surface area contributed by atoms with Crippen molar-refractivity contribution in [3.05, 3.63) is 34.4 Å². The maximum atomic E-state index is 6.00. The molecule has 1 atom stereocenters. The zero-order valence-corrected chi connectivity index (χ0v) is 13.8. The van der Waals surface area contributed by atoms with Gasteiger partial charge in [0.05, 0.1) is 6.20 Å². The molecule has 0 radical (unpaired) electrons. The number of nitrogens with one attached hydrogen (secondary N) is 1. The van der Waals surface area contributed by atoms with Gasteiger partial charge in [-0.15, -0.1) is 5.10 Å². The molecule has 1 aliphatic heterocycles. The lowest BCUT2D eigenvalue weighted by atomic mass is 10.0. The van der Waals surface area contributed by atoms with Crippen LogP contribution >= 0.6 is 23.2 Å². The van der Waals surface area contributed by atoms with Crippen molar-refractivity contribution in [3.63, 3.8) is 0 Å². The van der Waals surface area contributed by atoms with E-state index >= 15 is 0 Å². The van der Waals surface area contributed by atoms with E-state index in [2.05, 4.69) is 32.3 Å². The van der Waals surface area contributed by atoms with Crippen molar-refractivity contribution in [2.24, 2.45) is 5.92 Å². The summed E-state index contributed by atoms with van der Waals surface area (Å²) in [5.41, 5.74) is 0.739. The van der Waals surface area contributed by atoms with E-state index in [0.29, 0.717) is 21.9 Å². The summed E-state index contributed by atoms with van der Waals surface area (Å²) in [5.74, 6) is 1.96. The van der Waals surface area contributed by atoms with E-state index in [1.807, 2.05) is 0 Å². The molecule has 1 unspecified atom stereocenters. The number of aromatic nitrogens is 3. The molecule has 3 rings (SSSR count). The van der Waals surface area contributed by atoms with Gasteiger partial charge < -0.3 is 10.2 Å². The van der Waals surface area contributed by atoms with Gasteiger partial charge in [0, 0.05) is 28.8 Å². The molecule has 1 fully saturated rings. The molecule has 2 heterocycles. The third-order valence-electron chi connectivity index (χ3n) is 3.65. The molecule has 1 saturated heterocycles. The largest absolute Gasteiger partial charge is 0.355 e. The smallest absolute Gasteiger partial charge is 0.249 e. The van der Waals surface area contributed by atoms with Crippen molar-refractivity contribution in [1.29, 1.82) is 0 Å². The number of piperidine rings is 1. The summed E-state index contributed by atoms with van der Waals surface area (Å²) in [4.78, 5) is 6.79. The first-order valence-corrected chi connectivity index (χ1v) is 8.03. The van der Waals surface area contributed by atoms with Crippen LogP contribution in [-0.4, -0.2) is 28.3 Å². The van der Waals surface area contributed by atoms with E-state index < -0.39 is 0 Å². The molecule has 1 aliphatic rings. The van der Waals surface area contributed by atoms with Crippen LogP contribution < -0.4 is 10.2 Å². The molecule has 1 N–H and O–H groups in total. The maximum Gasteiger partial charge on any atom is 0.249 e. The summed E-state index contributed by atoms with van der Waals surface area (Å²) < 4.78 is 0. The first kappa shape index (κ1) is 15.3. The van der Waals surface area contributed by atoms with Gasteiger partial charge in [-0.2, -0.15) is 10.1 Å². The highest BCUT2D eigenvalue weighted by molar-refractivity contribution is 6.35. The van der Waals surface area contributed by atoms with E-state index in [1.165, 1.54) is 12.8 Å². The second-order valence-electron chi connectivity index (χ2n) is 5.61. The van der Waals surface area contributed by atoms with Crippen LogP contribution in [-0.2, 0) is 0 Å². The Morgan fingerprint density at radius 1 is 1.23 bits per heavy atom. The standard InChI is InChI=1S/C15H17Cl2N5/c1-10-3-2-4-22(9-10)14-8-18-21-15(20-14)19-13-6-11(16)5-12(17)7-13/h5-8,10H,2-4,9H2,1H3,(H,19,20,21). The second kappa shape index (κ2) is 6.67. The first-order chi connectivity index (χ1) is 10.6. The van der Waals surface area contributed by atoms with Crippen LogP contribution in [0.5, 0.6) is 0 Å². The van der Waals surface area contributed by atoms with Crippen molar-refractivity contribution in [1.82, 2.24) is 15.2 Å². The van der Waals surface area contributed by atoms with Gasteiger partial charge in [0.2, 0.25) is 5.95 Å². The SMILES string of the molecule is CC1CCCN(c2cnnc(Nc3cc(Cl)cc(Cl)c3)n2)C1. The quantitative estimate of drug-likeness (QED) is 0.911. The van der Waals surface area contributed by atoms with E-state index in [0.717, 1.165) is 24.6 Å². The number of hydrogen-bond acceptors (Lipinski definition) is 5. The molecule has 0 saturated carbocycles. The normalized spacial score (nSPS) is 18.3. The molecular weight excluding hydrogens is 321 g/mol. The average Bonchev–Trinajstić information content (AvgIpc) is 2.46. The molecule has 0 amide bonds. The summed E-state index contributed by atoms with van der Waals surface area (Å²) in [6.45, 7) is 4.26. The van der Waals surface area contributed by atoms with Crippen LogP contribution in [0.15, 0.2) is 24.4 Å². The topological polar surface area (TPSA) is 53.9 Å². The molecule has 116 valence electrons. The average molecular weight is 338 g/mol. The fraction of sp³-hybridized carbons (Fsp3) is 0.400. The maximum absolute atomic E-state index is 6.00. The molecule has 2 aromatic rings. The van der Waals surface area contributed by atoms with Crippen LogP contribution in [0.2, 0.25) is 10.0 Å². The Hall–Kier alpha value is -1.59. The Kier molecular flexibility index (Phi) is 4.64. The number of benzene rings is 1. The van der Waals surface area contributed by atoms with E-state index in [9.17, 15) is 0 Å². The predicted octanol–water partition coefficient (Wildman–Crippen LogP) is 4.16. The van der Waals surface area contributed by atoms with Crippen LogP contribution in [0.1, 0.15) is 19.8 Å². The van der Waals surface area contributed by atoms with Gasteiger partial charge in [0.25, 0.3) is 0 Å². The number of rotatable bonds is 3. The van der Waals surface area contributed by atoms with Crippen LogP contribution in [0.25, 0.3) is 0 Å². The molecule has 1 aromatic heterocycles. The summed E-state index contributed by atoms with van der Waals surface area (Å²) in [6.07, 6.45) is 4.15. The molecule has 22 heavy (non-hydrogen) atoms. The fourth-order valence-electron chi connectivity index (χ4n) is 2.65. The Morgan fingerprint density at radius 3 is 2.73 bits per heavy atom. The Balaban J connectivity index is 1.78. The van der Waals surface area contributed by atoms with Crippen molar-refractivity contribution in [2.45, 2.75) is 19.8 Å². The molecule has 0 bridgehead atoms. The summed E-state index contributed by atoms with van der Waals surface area (Å²) in [6, 6.07) is 5.22. The third kappa shape index (κ3) is 3.78. The van der Waals surface area contributed by atoms with Gasteiger partial charge in [0.1, 0.15) is 0 Å². The summed E-state index contributed by atoms with van der Waals surface area (Å²) in [5, 5.41) is 12.3. The number of hydrogen-bond donors (Lipinski definition) is 1. The van der Waals surface area contributed by atoms with E-state index in [1.54, 1.807) is 24.4 Å². The molecule has 1 aromatic carbocycles. The van der Waals surface area contributed by atoms with Gasteiger partial charge in [-0.1, -0.05) is 30.1 Å². The summed E-state index contributed by atoms with van der Waals surface area (Å²) >= 11 is 12.0. The van der Waals surface area contributed by atoms with Crippen molar-refractivity contribution in [3.8, 4) is 0 Å². The Bertz CT molecular complexity index is 644. The lowest BCUT2D eigenvalue weighted by Crippen LogP contribution is -2.35. The summed E-state index contributed by atoms with van der Waals surface area (Å²) in [7, 11) is 0. The molecule has 7 heteroatoms. The zero-order chi connectivity index (χ0) is 15.5. The van der Waals surface area contributed by atoms with Gasteiger partial charge in [-0.3, -0.25) is 0 Å². The van der Waals surface area contributed by atoms with Crippen molar-refractivity contribution >= 4 is 40.7 Å². The minimum atomic E-state index is 0.439. The number of anilines is 3. The van der Waals surface area contributed by atoms with Crippen molar-refractivity contribution < 1.29 is 0 Å².